The van der Waals surface area contributed by atoms with Gasteiger partial charge in [0.1, 0.15) is 5.82 Å². The van der Waals surface area contributed by atoms with E-state index in [1.54, 1.807) is 0 Å². The second-order valence-corrected chi connectivity index (χ2v) is 7.22. The molecule has 1 aliphatic heterocycles. The second kappa shape index (κ2) is 8.15. The maximum atomic E-state index is 13.2. The highest BCUT2D eigenvalue weighted by atomic mass is 35.5. The molecule has 2 aliphatic rings. The van der Waals surface area contributed by atoms with Gasteiger partial charge >= 0.3 is 5.97 Å². The molecule has 0 bridgehead atoms. The number of nitrogens with zero attached hydrogens (tertiary/aromatic N) is 2. The molecule has 0 spiro atoms. The summed E-state index contributed by atoms with van der Waals surface area (Å²) < 4.78 is 13.2. The number of carboxylic acids is 1. The number of pyridine rings is 1. The first-order valence-electron chi connectivity index (χ1n) is 8.79. The largest absolute Gasteiger partial charge is 0.476 e. The molecule has 7 heteroatoms. The lowest BCUT2D eigenvalue weighted by Gasteiger charge is -2.37. The van der Waals surface area contributed by atoms with Crippen LogP contribution in [0.3, 0.4) is 0 Å². The molecule has 0 aromatic carbocycles. The zero-order valence-corrected chi connectivity index (χ0v) is 14.8. The Morgan fingerprint density at radius 2 is 2.12 bits per heavy atom. The highest BCUT2D eigenvalue weighted by Gasteiger charge is 2.28. The van der Waals surface area contributed by atoms with Gasteiger partial charge in [-0.3, -0.25) is 4.90 Å². The molecule has 1 aliphatic carbocycles. The highest BCUT2D eigenvalue weighted by molar-refractivity contribution is 6.33. The van der Waals surface area contributed by atoms with Crippen LogP contribution in [0.2, 0.25) is 5.02 Å². The fourth-order valence-corrected chi connectivity index (χ4v) is 3.99. The van der Waals surface area contributed by atoms with E-state index in [0.29, 0.717) is 22.4 Å². The van der Waals surface area contributed by atoms with Crippen LogP contribution in [-0.2, 0) is 4.79 Å². The van der Waals surface area contributed by atoms with Crippen LogP contribution in [0, 0.1) is 0 Å². The van der Waals surface area contributed by atoms with Crippen LogP contribution >= 0.6 is 11.6 Å². The summed E-state index contributed by atoms with van der Waals surface area (Å²) in [6.45, 7) is 2.14. The SMILES string of the molecule is O=C(O)/C(F)=C/c1cnc(N[C@@H]2CCCN(C3CCCC3)C2)c(Cl)c1. The highest BCUT2D eigenvalue weighted by Crippen LogP contribution is 2.28. The van der Waals surface area contributed by atoms with E-state index in [1.807, 2.05) is 0 Å². The summed E-state index contributed by atoms with van der Waals surface area (Å²) in [6, 6.07) is 2.52. The molecule has 1 atom stereocenters. The van der Waals surface area contributed by atoms with Crippen molar-refractivity contribution < 1.29 is 14.3 Å². The number of carbonyl (C=O) groups is 1. The number of anilines is 1. The van der Waals surface area contributed by atoms with Crippen LogP contribution < -0.4 is 5.32 Å². The van der Waals surface area contributed by atoms with E-state index < -0.39 is 11.8 Å². The Hall–Kier alpha value is -1.66. The number of halogens is 2. The number of hydrogen-bond donors (Lipinski definition) is 2. The lowest BCUT2D eigenvalue weighted by atomic mass is 10.0. The van der Waals surface area contributed by atoms with Gasteiger partial charge < -0.3 is 10.4 Å². The van der Waals surface area contributed by atoms with E-state index in [9.17, 15) is 9.18 Å². The average Bonchev–Trinajstić information content (AvgIpc) is 3.12. The van der Waals surface area contributed by atoms with Gasteiger partial charge in [0.2, 0.25) is 5.83 Å². The van der Waals surface area contributed by atoms with Crippen LogP contribution in [0.25, 0.3) is 6.08 Å². The molecule has 5 nitrogen and oxygen atoms in total. The third-order valence-electron chi connectivity index (χ3n) is 4.99. The van der Waals surface area contributed by atoms with Crippen molar-refractivity contribution in [2.75, 3.05) is 18.4 Å². The minimum atomic E-state index is -1.60. The minimum absolute atomic E-state index is 0.288. The average molecular weight is 368 g/mol. The first kappa shape index (κ1) is 18.1. The molecule has 0 radical (unpaired) electrons. The summed E-state index contributed by atoms with van der Waals surface area (Å²) in [5.41, 5.74) is 0.326. The smallest absolute Gasteiger partial charge is 0.364 e. The monoisotopic (exact) mass is 367 g/mol. The molecule has 0 unspecified atom stereocenters. The quantitative estimate of drug-likeness (QED) is 0.771. The van der Waals surface area contributed by atoms with E-state index in [2.05, 4.69) is 15.2 Å². The predicted octanol–water partition coefficient (Wildman–Crippen LogP) is 3.95. The van der Waals surface area contributed by atoms with E-state index in [-0.39, 0.29) is 6.04 Å². The Bertz CT molecular complexity index is 662. The van der Waals surface area contributed by atoms with Crippen molar-refractivity contribution in [3.63, 3.8) is 0 Å². The number of hydrogen-bond acceptors (Lipinski definition) is 4. The molecule has 1 saturated heterocycles. The number of nitrogens with one attached hydrogen (secondary N) is 1. The molecule has 2 heterocycles. The maximum Gasteiger partial charge on any atom is 0.364 e. The minimum Gasteiger partial charge on any atom is -0.476 e. The number of likely N-dealkylation sites (tertiary alicyclic amines) is 1. The first-order valence-corrected chi connectivity index (χ1v) is 9.17. The molecule has 25 heavy (non-hydrogen) atoms. The van der Waals surface area contributed by atoms with Crippen LogP contribution in [0.5, 0.6) is 0 Å². The summed E-state index contributed by atoms with van der Waals surface area (Å²) in [4.78, 5) is 17.4. The van der Waals surface area contributed by atoms with Crippen LogP contribution in [0.15, 0.2) is 18.1 Å². The third kappa shape index (κ3) is 4.70. The fourth-order valence-electron chi connectivity index (χ4n) is 3.76. The summed E-state index contributed by atoms with van der Waals surface area (Å²) in [6.07, 6.45) is 9.79. The van der Waals surface area contributed by atoms with Gasteiger partial charge in [-0.05, 0) is 49.9 Å². The molecule has 3 rings (SSSR count). The molecule has 1 aromatic rings. The van der Waals surface area contributed by atoms with Gasteiger partial charge in [-0.25, -0.2) is 9.78 Å². The number of carboxylic acid groups (broad SMARTS) is 1. The van der Waals surface area contributed by atoms with Crippen LogP contribution in [-0.4, -0.2) is 46.1 Å². The van der Waals surface area contributed by atoms with Crippen molar-refractivity contribution in [2.45, 2.75) is 50.6 Å². The lowest BCUT2D eigenvalue weighted by molar-refractivity contribution is -0.134. The zero-order chi connectivity index (χ0) is 17.8. The van der Waals surface area contributed by atoms with Gasteiger partial charge in [-0.1, -0.05) is 24.4 Å². The molecule has 2 fully saturated rings. The van der Waals surface area contributed by atoms with Gasteiger partial charge in [0.25, 0.3) is 0 Å². The molecular weight excluding hydrogens is 345 g/mol. The van der Waals surface area contributed by atoms with Gasteiger partial charge in [0.15, 0.2) is 0 Å². The van der Waals surface area contributed by atoms with E-state index in [1.165, 1.54) is 37.9 Å². The molecule has 136 valence electrons. The topological polar surface area (TPSA) is 65.5 Å². The Kier molecular flexibility index (Phi) is 5.91. The predicted molar refractivity (Wildman–Crippen MR) is 96.4 cm³/mol. The summed E-state index contributed by atoms with van der Waals surface area (Å²) in [5.74, 6) is -2.28. The van der Waals surface area contributed by atoms with Gasteiger partial charge in [-0.2, -0.15) is 4.39 Å². The molecule has 2 N–H and O–H groups in total. The van der Waals surface area contributed by atoms with Crippen molar-refractivity contribution in [1.82, 2.24) is 9.88 Å². The Morgan fingerprint density at radius 1 is 1.36 bits per heavy atom. The third-order valence-corrected chi connectivity index (χ3v) is 5.28. The Balaban J connectivity index is 1.64. The van der Waals surface area contributed by atoms with Crippen molar-refractivity contribution in [3.05, 3.63) is 28.7 Å². The molecular formula is C18H23ClFN3O2. The maximum absolute atomic E-state index is 13.2. The Labute approximate surface area is 151 Å². The number of piperidine rings is 1. The molecule has 1 saturated carbocycles. The van der Waals surface area contributed by atoms with Crippen molar-refractivity contribution >= 4 is 29.5 Å². The fraction of sp³-hybridized carbons (Fsp3) is 0.556. The van der Waals surface area contributed by atoms with Gasteiger partial charge in [0, 0.05) is 24.8 Å². The number of rotatable bonds is 5. The van der Waals surface area contributed by atoms with Crippen molar-refractivity contribution in [1.29, 1.82) is 0 Å². The lowest BCUT2D eigenvalue weighted by Crippen LogP contribution is -2.46. The number of aliphatic carboxylic acids is 1. The first-order chi connectivity index (χ1) is 12.0. The molecule has 0 amide bonds. The van der Waals surface area contributed by atoms with Gasteiger partial charge in [-0.15, -0.1) is 0 Å². The van der Waals surface area contributed by atoms with E-state index in [4.69, 9.17) is 16.7 Å². The normalized spacial score (nSPS) is 23.0. The van der Waals surface area contributed by atoms with Gasteiger partial charge in [0.05, 0.1) is 5.02 Å². The van der Waals surface area contributed by atoms with E-state index in [0.717, 1.165) is 32.0 Å². The summed E-state index contributed by atoms with van der Waals surface area (Å²) >= 11 is 6.24. The summed E-state index contributed by atoms with van der Waals surface area (Å²) in [7, 11) is 0. The van der Waals surface area contributed by atoms with Crippen molar-refractivity contribution in [3.8, 4) is 0 Å². The second-order valence-electron chi connectivity index (χ2n) is 6.81. The number of aromatic nitrogens is 1. The Morgan fingerprint density at radius 3 is 2.80 bits per heavy atom. The molecule has 1 aromatic heterocycles. The summed E-state index contributed by atoms with van der Waals surface area (Å²) in [5, 5.41) is 12.3. The van der Waals surface area contributed by atoms with Crippen LogP contribution in [0.1, 0.15) is 44.1 Å². The van der Waals surface area contributed by atoms with Crippen LogP contribution in [0.4, 0.5) is 10.2 Å². The standard InChI is InChI=1S/C18H23ClFN3O2/c19-15-8-12(9-16(20)18(24)25)10-21-17(15)22-13-4-3-7-23(11-13)14-5-1-2-6-14/h8-10,13-14H,1-7,11H2,(H,21,22)(H,24,25)/b16-9-/t13-/m1/s1. The van der Waals surface area contributed by atoms with Crippen molar-refractivity contribution in [2.24, 2.45) is 0 Å². The zero-order valence-electron chi connectivity index (χ0n) is 14.0. The van der Waals surface area contributed by atoms with E-state index >= 15 is 0 Å².